The molecule has 0 spiro atoms. The van der Waals surface area contributed by atoms with Crippen LogP contribution in [-0.4, -0.2) is 87.6 Å². The Labute approximate surface area is 219 Å². The second-order valence-electron chi connectivity index (χ2n) is 10.6. The molecular weight excluding hydrogens is 500 g/mol. The summed E-state index contributed by atoms with van der Waals surface area (Å²) in [5.41, 5.74) is -3.11. The molecule has 38 heavy (non-hydrogen) atoms. The molecule has 1 aromatic heterocycles. The van der Waals surface area contributed by atoms with Crippen molar-refractivity contribution in [1.82, 2.24) is 0 Å². The molecule has 2 heterocycles. The van der Waals surface area contributed by atoms with Crippen LogP contribution in [0.2, 0.25) is 0 Å². The van der Waals surface area contributed by atoms with Crippen molar-refractivity contribution in [2.75, 3.05) is 20.3 Å². The molecule has 1 saturated heterocycles. The lowest BCUT2D eigenvalue weighted by Gasteiger charge is -2.62. The molecule has 2 aromatic rings. The minimum Gasteiger partial charge on any atom is -0.490 e. The highest BCUT2D eigenvalue weighted by Crippen LogP contribution is 2.56. The predicted molar refractivity (Wildman–Crippen MR) is 131 cm³/mol. The summed E-state index contributed by atoms with van der Waals surface area (Å²) in [7, 11) is 1.42. The predicted octanol–water partition coefficient (Wildman–Crippen LogP) is 1.04. The molecule has 3 fully saturated rings. The fraction of sp³-hybridized carbons (Fsp3) is 0.667. The first-order chi connectivity index (χ1) is 18.2. The quantitative estimate of drug-likeness (QED) is 0.306. The third kappa shape index (κ3) is 4.25. The average molecular weight is 537 g/mol. The first kappa shape index (κ1) is 27.2. The highest BCUT2D eigenvalue weighted by Gasteiger charge is 2.71. The summed E-state index contributed by atoms with van der Waals surface area (Å²) in [6.45, 7) is 1.35. The Bertz CT molecular complexity index is 1160. The third-order valence-electron chi connectivity index (χ3n) is 8.51. The molecule has 0 radical (unpaired) electrons. The average Bonchev–Trinajstić information content (AvgIpc) is 3.36. The lowest BCUT2D eigenvalue weighted by molar-refractivity contribution is -0.391. The van der Waals surface area contributed by atoms with E-state index >= 15 is 0 Å². The number of benzene rings is 1. The number of hydrogen-bond acceptors (Lipinski definition) is 11. The van der Waals surface area contributed by atoms with Gasteiger partial charge in [-0.3, -0.25) is 4.79 Å². The maximum absolute atomic E-state index is 12.1. The van der Waals surface area contributed by atoms with Crippen molar-refractivity contribution in [3.63, 3.8) is 0 Å². The Balaban J connectivity index is 1.58. The van der Waals surface area contributed by atoms with Gasteiger partial charge < -0.3 is 48.9 Å². The van der Waals surface area contributed by atoms with E-state index in [0.717, 1.165) is 0 Å². The van der Waals surface area contributed by atoms with Gasteiger partial charge in [-0.15, -0.1) is 0 Å². The summed E-state index contributed by atoms with van der Waals surface area (Å²) in [4.78, 5) is 12.1. The van der Waals surface area contributed by atoms with Gasteiger partial charge >= 0.3 is 5.97 Å². The molecule has 11 heteroatoms. The number of carbonyl (C=O) groups is 1. The van der Waals surface area contributed by atoms with Crippen molar-refractivity contribution >= 4 is 16.9 Å². The summed E-state index contributed by atoms with van der Waals surface area (Å²) in [5.74, 6) is -0.952. The fourth-order valence-corrected chi connectivity index (χ4v) is 6.66. The Morgan fingerprint density at radius 2 is 2.00 bits per heavy atom. The standard InChI is InChI=1S/C27H36O11/c1-3-35-20(30)7-5-14-10-15-8-9-36-21(15)23(34-2)22(14)38-25-27(33)18-11-17(29)6-4-16(18)12-26(32,24(27)31)19(13-28)37-25/h8-10,16-19,24-25,28-29,31-33H,3-7,11-13H2,1-2H3/t16-,17+,18-,19+,24-,25-,26+,27+/m0/s1. The normalized spacial score (nSPS) is 36.5. The molecule has 210 valence electrons. The lowest BCUT2D eigenvalue weighted by atomic mass is 9.54. The van der Waals surface area contributed by atoms with Crippen molar-refractivity contribution < 1.29 is 53.7 Å². The molecular formula is C27H36O11. The Morgan fingerprint density at radius 1 is 1.21 bits per heavy atom. The zero-order chi connectivity index (χ0) is 27.2. The van der Waals surface area contributed by atoms with Crippen molar-refractivity contribution in [1.29, 1.82) is 0 Å². The minimum absolute atomic E-state index is 0.0467. The van der Waals surface area contributed by atoms with Crippen molar-refractivity contribution in [3.8, 4) is 11.5 Å². The van der Waals surface area contributed by atoms with Gasteiger partial charge in [-0.25, -0.2) is 0 Å². The molecule has 5 rings (SSSR count). The first-order valence-corrected chi connectivity index (χ1v) is 13.1. The van der Waals surface area contributed by atoms with Crippen molar-refractivity contribution in [3.05, 3.63) is 24.0 Å². The summed E-state index contributed by atoms with van der Waals surface area (Å²) in [6.07, 6.45) is -2.14. The molecule has 2 saturated carbocycles. The van der Waals surface area contributed by atoms with Gasteiger partial charge in [0, 0.05) is 17.7 Å². The van der Waals surface area contributed by atoms with Crippen LogP contribution in [0, 0.1) is 11.8 Å². The van der Waals surface area contributed by atoms with Crippen LogP contribution < -0.4 is 9.47 Å². The van der Waals surface area contributed by atoms with E-state index in [1.54, 1.807) is 19.1 Å². The number of methoxy groups -OCH3 is 1. The summed E-state index contributed by atoms with van der Waals surface area (Å²) in [6, 6.07) is 3.51. The van der Waals surface area contributed by atoms with E-state index in [2.05, 4.69) is 0 Å². The molecule has 0 amide bonds. The number of rotatable bonds is 8. The summed E-state index contributed by atoms with van der Waals surface area (Å²) in [5, 5.41) is 56.2. The molecule has 11 nitrogen and oxygen atoms in total. The van der Waals surface area contributed by atoms with Crippen LogP contribution >= 0.6 is 0 Å². The first-order valence-electron chi connectivity index (χ1n) is 13.1. The molecule has 3 aliphatic rings. The van der Waals surface area contributed by atoms with Gasteiger partial charge in [-0.1, -0.05) is 0 Å². The minimum atomic E-state index is -2.12. The number of esters is 1. The summed E-state index contributed by atoms with van der Waals surface area (Å²) >= 11 is 0. The lowest BCUT2D eigenvalue weighted by Crippen LogP contribution is -2.80. The van der Waals surface area contributed by atoms with Gasteiger partial charge in [-0.05, 0) is 62.6 Å². The maximum atomic E-state index is 12.1. The van der Waals surface area contributed by atoms with Gasteiger partial charge in [0.1, 0.15) is 17.8 Å². The van der Waals surface area contributed by atoms with Crippen LogP contribution in [0.5, 0.6) is 11.5 Å². The number of aryl methyl sites for hydroxylation is 1. The number of aliphatic hydroxyl groups is 5. The molecule has 5 N–H and O–H groups in total. The van der Waals surface area contributed by atoms with Crippen LogP contribution in [0.1, 0.15) is 44.6 Å². The zero-order valence-corrected chi connectivity index (χ0v) is 21.5. The van der Waals surface area contributed by atoms with Crippen LogP contribution in [0.15, 0.2) is 22.8 Å². The third-order valence-corrected chi connectivity index (χ3v) is 8.51. The SMILES string of the molecule is CCOC(=O)CCc1cc2ccoc2c(OC)c1O[C@@H]1O[C@H](CO)[C@]2(O)C[C@@H]3CC[C@@H](O)C[C@@H]3[C@@]1(O)[C@H]2O. The van der Waals surface area contributed by atoms with Gasteiger partial charge in [0.15, 0.2) is 16.9 Å². The van der Waals surface area contributed by atoms with E-state index in [9.17, 15) is 30.3 Å². The van der Waals surface area contributed by atoms with Gasteiger partial charge in [-0.2, -0.15) is 0 Å². The van der Waals surface area contributed by atoms with E-state index < -0.39 is 54.3 Å². The number of hydrogen-bond donors (Lipinski definition) is 5. The van der Waals surface area contributed by atoms with Gasteiger partial charge in [0.05, 0.1) is 32.7 Å². The number of fused-ring (bicyclic) bond motifs is 5. The van der Waals surface area contributed by atoms with Gasteiger partial charge in [0.2, 0.25) is 12.0 Å². The number of furan rings is 1. The molecule has 2 aliphatic carbocycles. The largest absolute Gasteiger partial charge is 0.490 e. The topological polar surface area (TPSA) is 168 Å². The highest BCUT2D eigenvalue weighted by atomic mass is 16.7. The second-order valence-corrected chi connectivity index (χ2v) is 10.6. The monoisotopic (exact) mass is 536 g/mol. The van der Waals surface area contributed by atoms with E-state index in [-0.39, 0.29) is 49.7 Å². The molecule has 2 bridgehead atoms. The van der Waals surface area contributed by atoms with Crippen LogP contribution in [0.3, 0.4) is 0 Å². The van der Waals surface area contributed by atoms with Crippen molar-refractivity contribution in [2.45, 2.75) is 81.3 Å². The zero-order valence-electron chi connectivity index (χ0n) is 21.5. The Morgan fingerprint density at radius 3 is 2.71 bits per heavy atom. The number of aliphatic hydroxyl groups excluding tert-OH is 3. The van der Waals surface area contributed by atoms with E-state index in [0.29, 0.717) is 29.4 Å². The van der Waals surface area contributed by atoms with Gasteiger partial charge in [0.25, 0.3) is 0 Å². The molecule has 1 aromatic carbocycles. The maximum Gasteiger partial charge on any atom is 0.306 e. The fourth-order valence-electron chi connectivity index (χ4n) is 6.66. The second kappa shape index (κ2) is 10.3. The highest BCUT2D eigenvalue weighted by molar-refractivity contribution is 5.87. The molecule has 1 aliphatic heterocycles. The summed E-state index contributed by atoms with van der Waals surface area (Å²) < 4.78 is 28.6. The number of ether oxygens (including phenoxy) is 4. The molecule has 8 atom stereocenters. The van der Waals surface area contributed by atoms with Crippen LogP contribution in [-0.2, 0) is 20.7 Å². The smallest absolute Gasteiger partial charge is 0.306 e. The van der Waals surface area contributed by atoms with E-state index in [4.69, 9.17) is 23.4 Å². The Hall–Kier alpha value is -2.41. The van der Waals surface area contributed by atoms with E-state index in [1.807, 2.05) is 0 Å². The van der Waals surface area contributed by atoms with E-state index in [1.165, 1.54) is 13.4 Å². The van der Waals surface area contributed by atoms with Crippen molar-refractivity contribution in [2.24, 2.45) is 11.8 Å². The number of carbonyl (C=O) groups excluding carboxylic acids is 1. The van der Waals surface area contributed by atoms with Crippen LogP contribution in [0.25, 0.3) is 11.0 Å². The Kier molecular flexibility index (Phi) is 7.36. The van der Waals surface area contributed by atoms with Crippen LogP contribution in [0.4, 0.5) is 0 Å². The molecule has 0 unspecified atom stereocenters.